The number of pyridine rings is 1. The topological polar surface area (TPSA) is 62.7 Å². The van der Waals surface area contributed by atoms with Gasteiger partial charge in [0.05, 0.1) is 17.4 Å². The molecule has 2 amide bonds. The van der Waals surface area contributed by atoms with E-state index >= 15 is 0 Å². The van der Waals surface area contributed by atoms with Gasteiger partial charge in [0, 0.05) is 17.4 Å². The highest BCUT2D eigenvalue weighted by Gasteiger charge is 2.60. The molecular weight excluding hydrogens is 390 g/mol. The fourth-order valence-electron chi connectivity index (χ4n) is 3.95. The molecular formula is C22H16ClN3O3. The lowest BCUT2D eigenvalue weighted by Gasteiger charge is -2.28. The lowest BCUT2D eigenvalue weighted by atomic mass is 9.91. The highest BCUT2D eigenvalue weighted by molar-refractivity contribution is 6.31. The number of nitrogens with zero attached hydrogens (tertiary/aromatic N) is 3. The quantitative estimate of drug-likeness (QED) is 0.620. The zero-order chi connectivity index (χ0) is 20.0. The van der Waals surface area contributed by atoms with Crippen LogP contribution in [0, 0.1) is 5.92 Å². The van der Waals surface area contributed by atoms with Crippen LogP contribution in [0.3, 0.4) is 0 Å². The van der Waals surface area contributed by atoms with Crippen molar-refractivity contribution in [1.82, 2.24) is 4.98 Å². The molecule has 3 atom stereocenters. The molecule has 3 aromatic rings. The van der Waals surface area contributed by atoms with Crippen molar-refractivity contribution in [3.8, 4) is 0 Å². The molecule has 144 valence electrons. The lowest BCUT2D eigenvalue weighted by Crippen LogP contribution is -2.37. The molecule has 0 saturated carbocycles. The van der Waals surface area contributed by atoms with E-state index in [-0.39, 0.29) is 11.8 Å². The highest BCUT2D eigenvalue weighted by Crippen LogP contribution is 2.47. The van der Waals surface area contributed by atoms with Crippen molar-refractivity contribution in [2.24, 2.45) is 5.92 Å². The standard InChI is InChI=1S/C22H16ClN3O3/c23-15-8-10-16(11-9-15)25-21(27)18-19(14-5-4-12-24-13-14)26(29-20(18)22(25)28)17-6-2-1-3-7-17/h1-13,18-20H/t18-,19-,20-/m0/s1. The number of aromatic nitrogens is 1. The molecule has 3 heterocycles. The molecule has 5 rings (SSSR count). The van der Waals surface area contributed by atoms with E-state index in [9.17, 15) is 9.59 Å². The predicted molar refractivity (Wildman–Crippen MR) is 108 cm³/mol. The molecule has 7 heteroatoms. The summed E-state index contributed by atoms with van der Waals surface area (Å²) in [4.78, 5) is 38.0. The van der Waals surface area contributed by atoms with Crippen molar-refractivity contribution in [2.75, 3.05) is 9.96 Å². The second-order valence-corrected chi connectivity index (χ2v) is 7.37. The summed E-state index contributed by atoms with van der Waals surface area (Å²) in [5.41, 5.74) is 2.07. The Morgan fingerprint density at radius 2 is 1.62 bits per heavy atom. The van der Waals surface area contributed by atoms with Gasteiger partial charge >= 0.3 is 0 Å². The number of anilines is 2. The van der Waals surface area contributed by atoms with Crippen LogP contribution in [0.2, 0.25) is 5.02 Å². The number of carbonyl (C=O) groups is 2. The Hall–Kier alpha value is -3.22. The van der Waals surface area contributed by atoms with Crippen LogP contribution < -0.4 is 9.96 Å². The van der Waals surface area contributed by atoms with Gasteiger partial charge in [0.15, 0.2) is 6.10 Å². The van der Waals surface area contributed by atoms with Crippen LogP contribution in [0.1, 0.15) is 11.6 Å². The van der Waals surface area contributed by atoms with Crippen molar-refractivity contribution >= 4 is 34.8 Å². The summed E-state index contributed by atoms with van der Waals surface area (Å²) in [5, 5.41) is 2.19. The Kier molecular flexibility index (Phi) is 4.30. The second kappa shape index (κ2) is 6.99. The first-order valence-electron chi connectivity index (χ1n) is 9.19. The van der Waals surface area contributed by atoms with Gasteiger partial charge in [-0.1, -0.05) is 35.9 Å². The number of rotatable bonds is 3. The molecule has 2 saturated heterocycles. The summed E-state index contributed by atoms with van der Waals surface area (Å²) >= 11 is 5.95. The summed E-state index contributed by atoms with van der Waals surface area (Å²) in [6.45, 7) is 0. The van der Waals surface area contributed by atoms with Gasteiger partial charge in [-0.25, -0.2) is 9.96 Å². The van der Waals surface area contributed by atoms with Gasteiger partial charge in [-0.15, -0.1) is 0 Å². The van der Waals surface area contributed by atoms with E-state index in [2.05, 4.69) is 4.98 Å². The summed E-state index contributed by atoms with van der Waals surface area (Å²) in [7, 11) is 0. The number of hydrogen-bond donors (Lipinski definition) is 0. The molecule has 6 nitrogen and oxygen atoms in total. The molecule has 0 N–H and O–H groups in total. The maximum atomic E-state index is 13.4. The molecule has 1 aromatic heterocycles. The van der Waals surface area contributed by atoms with Crippen LogP contribution in [-0.2, 0) is 14.4 Å². The fourth-order valence-corrected chi connectivity index (χ4v) is 4.07. The normalized spacial score (nSPS) is 23.6. The van der Waals surface area contributed by atoms with Gasteiger partial charge in [0.2, 0.25) is 5.91 Å². The summed E-state index contributed by atoms with van der Waals surface area (Å²) in [6.07, 6.45) is 2.48. The number of para-hydroxylation sites is 1. The molecule has 0 aliphatic carbocycles. The minimum absolute atomic E-state index is 0.297. The first-order chi connectivity index (χ1) is 14.1. The monoisotopic (exact) mass is 405 g/mol. The van der Waals surface area contributed by atoms with Crippen LogP contribution in [0.4, 0.5) is 11.4 Å². The van der Waals surface area contributed by atoms with E-state index in [1.807, 2.05) is 42.5 Å². The molecule has 2 aromatic carbocycles. The van der Waals surface area contributed by atoms with Gasteiger partial charge in [0.25, 0.3) is 5.91 Å². The first kappa shape index (κ1) is 17.8. The van der Waals surface area contributed by atoms with Crippen molar-refractivity contribution in [3.63, 3.8) is 0 Å². The SMILES string of the molecule is O=C1[C@@H]2[C@H](ON(c3ccccc3)[C@H]2c2cccnc2)C(=O)N1c1ccc(Cl)cc1. The van der Waals surface area contributed by atoms with E-state index < -0.39 is 18.1 Å². The minimum Gasteiger partial charge on any atom is -0.273 e. The Morgan fingerprint density at radius 3 is 2.31 bits per heavy atom. The van der Waals surface area contributed by atoms with Crippen molar-refractivity contribution in [2.45, 2.75) is 12.1 Å². The zero-order valence-corrected chi connectivity index (χ0v) is 15.9. The molecule has 0 unspecified atom stereocenters. The number of fused-ring (bicyclic) bond motifs is 1. The van der Waals surface area contributed by atoms with E-state index in [0.29, 0.717) is 10.7 Å². The van der Waals surface area contributed by atoms with Gasteiger partial charge in [-0.05, 0) is 48.0 Å². The first-order valence-corrected chi connectivity index (χ1v) is 9.57. The molecule has 0 radical (unpaired) electrons. The maximum Gasteiger partial charge on any atom is 0.266 e. The Labute approximate surface area is 172 Å². The number of imide groups is 1. The van der Waals surface area contributed by atoms with Gasteiger partial charge in [-0.3, -0.25) is 19.4 Å². The smallest absolute Gasteiger partial charge is 0.266 e. The molecule has 0 bridgehead atoms. The second-order valence-electron chi connectivity index (χ2n) is 6.93. The predicted octanol–water partition coefficient (Wildman–Crippen LogP) is 3.79. The van der Waals surface area contributed by atoms with Crippen molar-refractivity contribution in [1.29, 1.82) is 0 Å². The van der Waals surface area contributed by atoms with Crippen LogP contribution in [-0.4, -0.2) is 22.9 Å². The van der Waals surface area contributed by atoms with E-state index in [0.717, 1.165) is 11.3 Å². The van der Waals surface area contributed by atoms with Crippen molar-refractivity contribution in [3.05, 3.63) is 89.7 Å². The minimum atomic E-state index is -0.899. The van der Waals surface area contributed by atoms with E-state index in [1.165, 1.54) is 4.90 Å². The number of carbonyl (C=O) groups excluding carboxylic acids is 2. The van der Waals surface area contributed by atoms with Crippen LogP contribution in [0.5, 0.6) is 0 Å². The van der Waals surface area contributed by atoms with Gasteiger partial charge in [0.1, 0.15) is 5.92 Å². The molecule has 0 spiro atoms. The third-order valence-electron chi connectivity index (χ3n) is 5.24. The van der Waals surface area contributed by atoms with Crippen molar-refractivity contribution < 1.29 is 14.4 Å². The van der Waals surface area contributed by atoms with Gasteiger partial charge in [-0.2, -0.15) is 0 Å². The number of amides is 2. The Morgan fingerprint density at radius 1 is 0.862 bits per heavy atom. The molecule has 2 aliphatic heterocycles. The molecule has 2 aliphatic rings. The molecule has 2 fully saturated rings. The van der Waals surface area contributed by atoms with Crippen LogP contribution >= 0.6 is 11.6 Å². The third kappa shape index (κ3) is 2.88. The zero-order valence-electron chi connectivity index (χ0n) is 15.2. The summed E-state index contributed by atoms with van der Waals surface area (Å²) in [6, 6.07) is 19.3. The Bertz CT molecular complexity index is 1060. The lowest BCUT2D eigenvalue weighted by molar-refractivity contribution is -0.126. The van der Waals surface area contributed by atoms with E-state index in [1.54, 1.807) is 41.7 Å². The van der Waals surface area contributed by atoms with Crippen LogP contribution in [0.25, 0.3) is 0 Å². The van der Waals surface area contributed by atoms with Gasteiger partial charge < -0.3 is 0 Å². The number of benzene rings is 2. The molecule has 29 heavy (non-hydrogen) atoms. The maximum absolute atomic E-state index is 13.4. The highest BCUT2D eigenvalue weighted by atomic mass is 35.5. The summed E-state index contributed by atoms with van der Waals surface area (Å²) in [5.74, 6) is -1.35. The Balaban J connectivity index is 1.58. The van der Waals surface area contributed by atoms with Crippen LogP contribution in [0.15, 0.2) is 79.1 Å². The average Bonchev–Trinajstić information content (AvgIpc) is 3.27. The number of halogens is 1. The largest absolute Gasteiger partial charge is 0.273 e. The fraction of sp³-hybridized carbons (Fsp3) is 0.136. The average molecular weight is 406 g/mol. The number of hydrogen-bond acceptors (Lipinski definition) is 5. The number of hydroxylamine groups is 1. The third-order valence-corrected chi connectivity index (χ3v) is 5.49. The summed E-state index contributed by atoms with van der Waals surface area (Å²) < 4.78 is 0. The van der Waals surface area contributed by atoms with E-state index in [4.69, 9.17) is 16.4 Å².